The Hall–Kier alpha value is -1.43. The summed E-state index contributed by atoms with van der Waals surface area (Å²) in [6.45, 7) is 7.23. The number of benzene rings is 1. The molecular weight excluding hydrogens is 486 g/mol. The predicted octanol–water partition coefficient (Wildman–Crippen LogP) is 8.35. The van der Waals surface area contributed by atoms with E-state index in [-0.39, 0.29) is 24.6 Å². The van der Waals surface area contributed by atoms with E-state index in [9.17, 15) is 4.79 Å². The number of carbonyl (C=O) groups is 1. The molecule has 0 aromatic heterocycles. The molecule has 226 valence electrons. The molecule has 0 aliphatic carbocycles. The van der Waals surface area contributed by atoms with Crippen LogP contribution in [0.4, 0.5) is 0 Å². The molecule has 5 nitrogen and oxygen atoms in total. The summed E-state index contributed by atoms with van der Waals surface area (Å²) in [5.41, 5.74) is 1.11. The number of carbonyl (C=O) groups excluding carboxylic acids is 1. The molecule has 0 saturated carbocycles. The molecule has 5 heteroatoms. The van der Waals surface area contributed by atoms with E-state index in [1.54, 1.807) is 0 Å². The Bertz CT molecular complexity index is 688. The number of esters is 1. The van der Waals surface area contributed by atoms with Crippen LogP contribution in [-0.4, -0.2) is 64.1 Å². The summed E-state index contributed by atoms with van der Waals surface area (Å²) in [5, 5.41) is 0. The van der Waals surface area contributed by atoms with Crippen LogP contribution >= 0.6 is 0 Å². The van der Waals surface area contributed by atoms with E-state index in [1.165, 1.54) is 83.5 Å². The standard InChI is InChI=1S/C34H62NO4/c1-6-7-8-9-10-11-12-13-14-15-16-17-18-22-25-37-29-33(38-28-32-23-20-19-21-24-32)30-39-34(36)26-31(2)27-35(3,4)5/h19-21,23-24,31,33H,6-18,22,25-30H2,1-5H3/q+1. The molecule has 0 amide bonds. The molecule has 0 N–H and O–H groups in total. The second-order valence-corrected chi connectivity index (χ2v) is 12.6. The lowest BCUT2D eigenvalue weighted by atomic mass is 10.0. The van der Waals surface area contributed by atoms with E-state index in [0.29, 0.717) is 19.6 Å². The van der Waals surface area contributed by atoms with Gasteiger partial charge in [0.2, 0.25) is 0 Å². The van der Waals surface area contributed by atoms with E-state index < -0.39 is 0 Å². The summed E-state index contributed by atoms with van der Waals surface area (Å²) in [4.78, 5) is 12.4. The molecule has 1 aromatic rings. The van der Waals surface area contributed by atoms with Crippen LogP contribution in [-0.2, 0) is 25.6 Å². The highest BCUT2D eigenvalue weighted by atomic mass is 16.6. The lowest BCUT2D eigenvalue weighted by molar-refractivity contribution is -0.873. The van der Waals surface area contributed by atoms with Crippen LogP contribution in [0.25, 0.3) is 0 Å². The number of hydrogen-bond donors (Lipinski definition) is 0. The zero-order valence-corrected chi connectivity index (χ0v) is 26.3. The number of rotatable bonds is 26. The van der Waals surface area contributed by atoms with Crippen molar-refractivity contribution in [1.29, 1.82) is 0 Å². The highest BCUT2D eigenvalue weighted by Gasteiger charge is 2.19. The average Bonchev–Trinajstić information content (AvgIpc) is 2.89. The van der Waals surface area contributed by atoms with Gasteiger partial charge in [0.15, 0.2) is 0 Å². The third-order valence-corrected chi connectivity index (χ3v) is 7.08. The molecule has 39 heavy (non-hydrogen) atoms. The molecule has 1 aromatic carbocycles. The van der Waals surface area contributed by atoms with E-state index in [0.717, 1.165) is 29.6 Å². The summed E-state index contributed by atoms with van der Waals surface area (Å²) in [5.74, 6) is 0.119. The molecule has 0 radical (unpaired) electrons. The third kappa shape index (κ3) is 23.0. The summed E-state index contributed by atoms with van der Waals surface area (Å²) in [6, 6.07) is 10.1. The van der Waals surface area contributed by atoms with Gasteiger partial charge in [-0.15, -0.1) is 0 Å². The average molecular weight is 549 g/mol. The fourth-order valence-corrected chi connectivity index (χ4v) is 5.08. The lowest BCUT2D eigenvalue weighted by Crippen LogP contribution is -2.39. The maximum Gasteiger partial charge on any atom is 0.306 e. The number of unbranched alkanes of at least 4 members (excludes halogenated alkanes) is 13. The first-order valence-electron chi connectivity index (χ1n) is 16.0. The van der Waals surface area contributed by atoms with Gasteiger partial charge in [-0.1, -0.05) is 128 Å². The van der Waals surface area contributed by atoms with E-state index in [1.807, 2.05) is 30.3 Å². The van der Waals surface area contributed by atoms with E-state index in [2.05, 4.69) is 35.0 Å². The number of quaternary nitrogens is 1. The summed E-state index contributed by atoms with van der Waals surface area (Å²) in [6.07, 6.45) is 19.1. The summed E-state index contributed by atoms with van der Waals surface area (Å²) < 4.78 is 18.5. The molecule has 0 fully saturated rings. The zero-order chi connectivity index (χ0) is 28.6. The van der Waals surface area contributed by atoms with Crippen molar-refractivity contribution in [2.24, 2.45) is 5.92 Å². The highest BCUT2D eigenvalue weighted by Crippen LogP contribution is 2.14. The van der Waals surface area contributed by atoms with Crippen LogP contribution in [0.15, 0.2) is 30.3 Å². The topological polar surface area (TPSA) is 44.8 Å². The number of hydrogen-bond acceptors (Lipinski definition) is 4. The van der Waals surface area contributed by atoms with Gasteiger partial charge in [0.1, 0.15) is 12.7 Å². The minimum atomic E-state index is -0.255. The molecular formula is C34H62NO4+. The van der Waals surface area contributed by atoms with Crippen LogP contribution in [0.1, 0.15) is 116 Å². The Kier molecular flexibility index (Phi) is 21.3. The Morgan fingerprint density at radius 3 is 1.85 bits per heavy atom. The first kappa shape index (κ1) is 35.6. The van der Waals surface area contributed by atoms with Crippen LogP contribution < -0.4 is 0 Å². The predicted molar refractivity (Wildman–Crippen MR) is 164 cm³/mol. The van der Waals surface area contributed by atoms with Crippen LogP contribution in [0.3, 0.4) is 0 Å². The minimum absolute atomic E-state index is 0.156. The van der Waals surface area contributed by atoms with Crippen molar-refractivity contribution in [1.82, 2.24) is 0 Å². The van der Waals surface area contributed by atoms with Gasteiger partial charge in [-0.2, -0.15) is 0 Å². The minimum Gasteiger partial charge on any atom is -0.463 e. The first-order valence-corrected chi connectivity index (χ1v) is 16.0. The van der Waals surface area contributed by atoms with Crippen molar-refractivity contribution < 1.29 is 23.5 Å². The number of nitrogens with zero attached hydrogens (tertiary/aromatic N) is 1. The van der Waals surface area contributed by atoms with E-state index in [4.69, 9.17) is 14.2 Å². The molecule has 0 aliphatic heterocycles. The molecule has 2 unspecified atom stereocenters. The molecule has 2 atom stereocenters. The van der Waals surface area contributed by atoms with E-state index >= 15 is 0 Å². The van der Waals surface area contributed by atoms with Gasteiger partial charge in [0.25, 0.3) is 0 Å². The van der Waals surface area contributed by atoms with Gasteiger partial charge in [-0.05, 0) is 12.0 Å². The smallest absolute Gasteiger partial charge is 0.306 e. The van der Waals surface area contributed by atoms with Crippen molar-refractivity contribution in [3.05, 3.63) is 35.9 Å². The molecule has 0 spiro atoms. The molecule has 0 heterocycles. The number of ether oxygens (including phenoxy) is 3. The second kappa shape index (κ2) is 23.3. The largest absolute Gasteiger partial charge is 0.463 e. The molecule has 1 rings (SSSR count). The zero-order valence-electron chi connectivity index (χ0n) is 26.3. The van der Waals surface area contributed by atoms with Crippen LogP contribution in [0, 0.1) is 5.92 Å². The van der Waals surface area contributed by atoms with Crippen molar-refractivity contribution >= 4 is 5.97 Å². The van der Waals surface area contributed by atoms with Crippen LogP contribution in [0.5, 0.6) is 0 Å². The highest BCUT2D eigenvalue weighted by molar-refractivity contribution is 5.69. The summed E-state index contributed by atoms with van der Waals surface area (Å²) >= 11 is 0. The quantitative estimate of drug-likeness (QED) is 0.0663. The van der Waals surface area contributed by atoms with Crippen molar-refractivity contribution in [2.75, 3.05) is 47.5 Å². The third-order valence-electron chi connectivity index (χ3n) is 7.08. The maximum atomic E-state index is 12.4. The SMILES string of the molecule is CCCCCCCCCCCCCCCCOCC(COC(=O)CC(C)C[N+](C)(C)C)OCc1ccccc1. The fourth-order valence-electron chi connectivity index (χ4n) is 5.08. The van der Waals surface area contributed by atoms with Gasteiger partial charge in [0, 0.05) is 12.5 Å². The first-order chi connectivity index (χ1) is 18.8. The van der Waals surface area contributed by atoms with Crippen molar-refractivity contribution in [2.45, 2.75) is 123 Å². The second-order valence-electron chi connectivity index (χ2n) is 12.6. The summed E-state index contributed by atoms with van der Waals surface area (Å²) in [7, 11) is 6.43. The Morgan fingerprint density at radius 2 is 1.31 bits per heavy atom. The van der Waals surface area contributed by atoms with Gasteiger partial charge < -0.3 is 18.7 Å². The molecule has 0 aliphatic rings. The van der Waals surface area contributed by atoms with Crippen molar-refractivity contribution in [3.8, 4) is 0 Å². The van der Waals surface area contributed by atoms with Gasteiger partial charge in [-0.25, -0.2) is 0 Å². The normalized spacial score (nSPS) is 13.4. The maximum absolute atomic E-state index is 12.4. The Balaban J connectivity index is 2.17. The Morgan fingerprint density at radius 1 is 0.769 bits per heavy atom. The monoisotopic (exact) mass is 548 g/mol. The van der Waals surface area contributed by atoms with Crippen LogP contribution in [0.2, 0.25) is 0 Å². The fraction of sp³-hybridized carbons (Fsp3) is 0.794. The molecule has 0 bridgehead atoms. The van der Waals surface area contributed by atoms with Gasteiger partial charge >= 0.3 is 5.97 Å². The Labute approximate surface area is 241 Å². The van der Waals surface area contributed by atoms with Gasteiger partial charge in [-0.3, -0.25) is 4.79 Å². The molecule has 0 saturated heterocycles. The lowest BCUT2D eigenvalue weighted by Gasteiger charge is -2.27. The van der Waals surface area contributed by atoms with Crippen molar-refractivity contribution in [3.63, 3.8) is 0 Å². The van der Waals surface area contributed by atoms with Gasteiger partial charge in [0.05, 0.1) is 47.3 Å².